The molecule has 1 saturated heterocycles. The van der Waals surface area contributed by atoms with Gasteiger partial charge in [-0.1, -0.05) is 0 Å². The molecule has 3 N–H and O–H groups in total. The van der Waals surface area contributed by atoms with Gasteiger partial charge < -0.3 is 15.2 Å². The summed E-state index contributed by atoms with van der Waals surface area (Å²) in [4.78, 5) is 23.7. The molecule has 12 heteroatoms. The highest BCUT2D eigenvalue weighted by Crippen LogP contribution is 2.17. The predicted molar refractivity (Wildman–Crippen MR) is 103 cm³/mol. The number of piperazine rings is 1. The van der Waals surface area contributed by atoms with Crippen molar-refractivity contribution in [3.63, 3.8) is 0 Å². The summed E-state index contributed by atoms with van der Waals surface area (Å²) in [5.41, 5.74) is 0.339. The normalized spacial score (nSPS) is 15.2. The summed E-state index contributed by atoms with van der Waals surface area (Å²) in [6.07, 6.45) is 0.499. The molecule has 3 rings (SSSR count). The molecule has 0 radical (unpaired) electrons. The molecule has 150 valence electrons. The third-order valence-electron chi connectivity index (χ3n) is 4.36. The van der Waals surface area contributed by atoms with Gasteiger partial charge in [0.2, 0.25) is 15.9 Å². The quantitative estimate of drug-likeness (QED) is 0.540. The molecule has 28 heavy (non-hydrogen) atoms. The number of amides is 2. The maximum absolute atomic E-state index is 12.6. The van der Waals surface area contributed by atoms with Crippen molar-refractivity contribution in [2.24, 2.45) is 7.05 Å². The molecule has 0 saturated carbocycles. The van der Waals surface area contributed by atoms with Crippen LogP contribution in [0.15, 0.2) is 29.2 Å². The van der Waals surface area contributed by atoms with E-state index in [1.165, 1.54) is 24.3 Å². The summed E-state index contributed by atoms with van der Waals surface area (Å²) >= 11 is 5.03. The molecular formula is C16H20N6O4S2. The number of H-pyrrole nitrogens is 1. The number of carbonyl (C=O) groups excluding carboxylic acids is 2. The number of nitrogens with one attached hydrogen (secondary N) is 3. The van der Waals surface area contributed by atoms with Crippen LogP contribution in [0.1, 0.15) is 16.2 Å². The van der Waals surface area contributed by atoms with E-state index in [9.17, 15) is 18.0 Å². The van der Waals surface area contributed by atoms with Crippen molar-refractivity contribution < 1.29 is 18.0 Å². The second kappa shape index (κ2) is 8.20. The van der Waals surface area contributed by atoms with Crippen LogP contribution in [0.25, 0.3) is 0 Å². The maximum atomic E-state index is 12.6. The molecule has 1 aliphatic heterocycles. The van der Waals surface area contributed by atoms with E-state index in [0.717, 1.165) is 10.1 Å². The molecule has 2 aromatic rings. The lowest BCUT2D eigenvalue weighted by molar-refractivity contribution is -0.122. The lowest BCUT2D eigenvalue weighted by Gasteiger charge is -2.25. The van der Waals surface area contributed by atoms with Gasteiger partial charge in [-0.15, -0.1) is 0 Å². The maximum Gasteiger partial charge on any atom is 0.251 e. The lowest BCUT2D eigenvalue weighted by Crippen LogP contribution is -2.49. The van der Waals surface area contributed by atoms with Crippen molar-refractivity contribution in [3.05, 3.63) is 40.4 Å². The fourth-order valence-corrected chi connectivity index (χ4v) is 4.29. The van der Waals surface area contributed by atoms with Gasteiger partial charge in [0.05, 0.1) is 11.4 Å². The van der Waals surface area contributed by atoms with Gasteiger partial charge >= 0.3 is 0 Å². The smallest absolute Gasteiger partial charge is 0.251 e. The SMILES string of the molecule is Cn1c(CCNC(=O)c2ccc(S(=O)(=O)N3CCNC(=O)C3)cc2)n[nH]c1=S. The van der Waals surface area contributed by atoms with Gasteiger partial charge in [0.25, 0.3) is 5.91 Å². The Morgan fingerprint density at radius 2 is 2.04 bits per heavy atom. The Bertz CT molecular complexity index is 1040. The number of carbonyl (C=O) groups is 2. The fourth-order valence-electron chi connectivity index (χ4n) is 2.74. The van der Waals surface area contributed by atoms with E-state index in [4.69, 9.17) is 12.2 Å². The average Bonchev–Trinajstić information content (AvgIpc) is 3.00. The van der Waals surface area contributed by atoms with E-state index < -0.39 is 10.0 Å². The van der Waals surface area contributed by atoms with E-state index in [0.29, 0.717) is 23.3 Å². The molecule has 2 heterocycles. The molecular weight excluding hydrogens is 404 g/mol. The highest BCUT2D eigenvalue weighted by molar-refractivity contribution is 7.89. The monoisotopic (exact) mass is 424 g/mol. The van der Waals surface area contributed by atoms with Crippen LogP contribution >= 0.6 is 12.2 Å². The number of sulfonamides is 1. The van der Waals surface area contributed by atoms with E-state index in [2.05, 4.69) is 20.8 Å². The summed E-state index contributed by atoms with van der Waals surface area (Å²) < 4.78 is 28.6. The molecule has 0 aliphatic carbocycles. The Morgan fingerprint density at radius 1 is 1.32 bits per heavy atom. The number of benzene rings is 1. The number of aromatic nitrogens is 3. The zero-order chi connectivity index (χ0) is 20.3. The highest BCUT2D eigenvalue weighted by Gasteiger charge is 2.29. The van der Waals surface area contributed by atoms with Crippen LogP contribution in [0.5, 0.6) is 0 Å². The summed E-state index contributed by atoms with van der Waals surface area (Å²) in [6.45, 7) is 0.642. The standard InChI is InChI=1S/C16H20N6O4S2/c1-21-13(19-20-16(21)27)6-7-18-15(24)11-2-4-12(5-3-11)28(25,26)22-9-8-17-14(23)10-22/h2-5H,6-10H2,1H3,(H,17,23)(H,18,24)(H,20,27). The topological polar surface area (TPSA) is 129 Å². The molecule has 2 amide bonds. The van der Waals surface area contributed by atoms with Crippen molar-refractivity contribution in [1.29, 1.82) is 0 Å². The zero-order valence-electron chi connectivity index (χ0n) is 15.1. The van der Waals surface area contributed by atoms with Crippen molar-refractivity contribution >= 4 is 34.1 Å². The summed E-state index contributed by atoms with van der Waals surface area (Å²) in [5, 5.41) is 12.1. The molecule has 1 aromatic carbocycles. The Labute approximate surface area is 167 Å². The van der Waals surface area contributed by atoms with Crippen molar-refractivity contribution in [2.75, 3.05) is 26.2 Å². The molecule has 1 aromatic heterocycles. The minimum atomic E-state index is -3.78. The third-order valence-corrected chi connectivity index (χ3v) is 6.59. The number of rotatable bonds is 6. The van der Waals surface area contributed by atoms with Crippen molar-refractivity contribution in [3.8, 4) is 0 Å². The Hall–Kier alpha value is -2.57. The van der Waals surface area contributed by atoms with E-state index in [1.807, 2.05) is 0 Å². The predicted octanol–water partition coefficient (Wildman–Crippen LogP) is -0.429. The lowest BCUT2D eigenvalue weighted by atomic mass is 10.2. The van der Waals surface area contributed by atoms with Gasteiger partial charge in [0, 0.05) is 38.7 Å². The van der Waals surface area contributed by atoms with Crippen LogP contribution < -0.4 is 10.6 Å². The molecule has 0 bridgehead atoms. The second-order valence-electron chi connectivity index (χ2n) is 6.22. The van der Waals surface area contributed by atoms with Crippen molar-refractivity contribution in [1.82, 2.24) is 29.7 Å². The first-order valence-corrected chi connectivity index (χ1v) is 10.4. The van der Waals surface area contributed by atoms with Gasteiger partial charge in [0.1, 0.15) is 5.82 Å². The van der Waals surface area contributed by atoms with Gasteiger partial charge in [-0.3, -0.25) is 14.7 Å². The summed E-state index contributed by atoms with van der Waals surface area (Å²) in [7, 11) is -1.99. The van der Waals surface area contributed by atoms with Gasteiger partial charge in [-0.05, 0) is 36.5 Å². The molecule has 0 unspecified atom stereocenters. The molecule has 1 fully saturated rings. The van der Waals surface area contributed by atoms with Crippen molar-refractivity contribution in [2.45, 2.75) is 11.3 Å². The summed E-state index contributed by atoms with van der Waals surface area (Å²) in [6, 6.07) is 5.63. The molecule has 1 aliphatic rings. The molecule has 10 nitrogen and oxygen atoms in total. The van der Waals surface area contributed by atoms with Gasteiger partial charge in [0.15, 0.2) is 4.77 Å². The van der Waals surface area contributed by atoms with Crippen LogP contribution in [-0.2, 0) is 28.3 Å². The average molecular weight is 425 g/mol. The minimum Gasteiger partial charge on any atom is -0.354 e. The van der Waals surface area contributed by atoms with Crippen LogP contribution in [0.2, 0.25) is 0 Å². The number of aromatic amines is 1. The number of hydrogen-bond acceptors (Lipinski definition) is 6. The zero-order valence-corrected chi connectivity index (χ0v) is 16.8. The highest BCUT2D eigenvalue weighted by atomic mass is 32.2. The molecule has 0 spiro atoms. The van der Waals surface area contributed by atoms with Crippen LogP contribution in [-0.4, -0.2) is 65.5 Å². The van der Waals surface area contributed by atoms with E-state index in [-0.39, 0.29) is 36.3 Å². The summed E-state index contributed by atoms with van der Waals surface area (Å²) in [5.74, 6) is 0.0645. The number of hydrogen-bond donors (Lipinski definition) is 3. The second-order valence-corrected chi connectivity index (χ2v) is 8.55. The van der Waals surface area contributed by atoms with Crippen LogP contribution in [0, 0.1) is 4.77 Å². The first-order chi connectivity index (χ1) is 13.3. The first-order valence-electron chi connectivity index (χ1n) is 8.54. The largest absolute Gasteiger partial charge is 0.354 e. The third kappa shape index (κ3) is 4.29. The fraction of sp³-hybridized carbons (Fsp3) is 0.375. The van der Waals surface area contributed by atoms with Gasteiger partial charge in [-0.2, -0.15) is 9.40 Å². The minimum absolute atomic E-state index is 0.0419. The Balaban J connectivity index is 1.61. The first kappa shape index (κ1) is 20.2. The van der Waals surface area contributed by atoms with Crippen LogP contribution in [0.3, 0.4) is 0 Å². The van der Waals surface area contributed by atoms with Gasteiger partial charge in [-0.25, -0.2) is 8.42 Å². The van der Waals surface area contributed by atoms with E-state index in [1.54, 1.807) is 11.6 Å². The Morgan fingerprint density at radius 3 is 2.64 bits per heavy atom. The number of nitrogens with zero attached hydrogens (tertiary/aromatic N) is 3. The Kier molecular flexibility index (Phi) is 5.91. The molecule has 0 atom stereocenters. The van der Waals surface area contributed by atoms with Crippen LogP contribution in [0.4, 0.5) is 0 Å². The van der Waals surface area contributed by atoms with E-state index >= 15 is 0 Å².